The van der Waals surface area contributed by atoms with Crippen LogP contribution in [0, 0.1) is 5.92 Å². The van der Waals surface area contributed by atoms with E-state index in [1.54, 1.807) is 11.3 Å². The molecule has 1 saturated heterocycles. The second-order valence-corrected chi connectivity index (χ2v) is 6.87. The first kappa shape index (κ1) is 15.4. The van der Waals surface area contributed by atoms with Crippen molar-refractivity contribution in [2.45, 2.75) is 39.2 Å². The number of para-hydroxylation sites is 1. The molecule has 0 aliphatic carbocycles. The van der Waals surface area contributed by atoms with Crippen LogP contribution in [0.15, 0.2) is 24.3 Å². The van der Waals surface area contributed by atoms with E-state index in [2.05, 4.69) is 11.1 Å². The van der Waals surface area contributed by atoms with Crippen LogP contribution in [0.4, 0.5) is 5.13 Å². The molecule has 22 heavy (non-hydrogen) atoms. The number of thiazole rings is 1. The molecular weight excluding hydrogens is 296 g/mol. The molecule has 0 N–H and O–H groups in total. The molecule has 0 radical (unpaired) electrons. The summed E-state index contributed by atoms with van der Waals surface area (Å²) in [5.41, 5.74) is 0.955. The van der Waals surface area contributed by atoms with Gasteiger partial charge in [-0.25, -0.2) is 4.98 Å². The second kappa shape index (κ2) is 6.75. The number of amides is 1. The molecular formula is C17H22N2O2S. The van der Waals surface area contributed by atoms with Gasteiger partial charge in [-0.05, 0) is 31.4 Å². The summed E-state index contributed by atoms with van der Waals surface area (Å²) < 4.78 is 6.84. The van der Waals surface area contributed by atoms with Crippen LogP contribution in [0.3, 0.4) is 0 Å². The van der Waals surface area contributed by atoms with Crippen LogP contribution in [-0.4, -0.2) is 30.1 Å². The lowest BCUT2D eigenvalue weighted by Crippen LogP contribution is -2.40. The Balaban J connectivity index is 1.90. The number of nitrogens with zero attached hydrogens (tertiary/aromatic N) is 2. The van der Waals surface area contributed by atoms with Crippen molar-refractivity contribution in [1.82, 2.24) is 4.98 Å². The van der Waals surface area contributed by atoms with Crippen LogP contribution in [-0.2, 0) is 9.53 Å². The van der Waals surface area contributed by atoms with Gasteiger partial charge in [-0.2, -0.15) is 0 Å². The quantitative estimate of drug-likeness (QED) is 0.841. The summed E-state index contributed by atoms with van der Waals surface area (Å²) >= 11 is 1.58. The lowest BCUT2D eigenvalue weighted by molar-refractivity contribution is -0.122. The molecule has 1 fully saturated rings. The summed E-state index contributed by atoms with van der Waals surface area (Å²) in [6.45, 7) is 5.45. The van der Waals surface area contributed by atoms with Crippen molar-refractivity contribution in [3.63, 3.8) is 0 Å². The SMILES string of the molecule is CCC(C)C(=O)N(CC1CCCO1)c1nc2ccccc2s1. The molecule has 0 saturated carbocycles. The molecule has 118 valence electrons. The summed E-state index contributed by atoms with van der Waals surface area (Å²) in [7, 11) is 0. The van der Waals surface area contributed by atoms with Gasteiger partial charge in [0, 0.05) is 12.5 Å². The van der Waals surface area contributed by atoms with Crippen molar-refractivity contribution in [3.05, 3.63) is 24.3 Å². The van der Waals surface area contributed by atoms with E-state index in [4.69, 9.17) is 4.74 Å². The number of anilines is 1. The van der Waals surface area contributed by atoms with Gasteiger partial charge < -0.3 is 4.74 Å². The first-order chi connectivity index (χ1) is 10.7. The van der Waals surface area contributed by atoms with Crippen molar-refractivity contribution in [3.8, 4) is 0 Å². The number of benzene rings is 1. The first-order valence-electron chi connectivity index (χ1n) is 7.97. The van der Waals surface area contributed by atoms with Crippen LogP contribution in [0.5, 0.6) is 0 Å². The first-order valence-corrected chi connectivity index (χ1v) is 8.79. The third kappa shape index (κ3) is 3.15. The molecule has 5 heteroatoms. The molecule has 1 aromatic heterocycles. The molecule has 1 aliphatic heterocycles. The molecule has 0 spiro atoms. The molecule has 1 aliphatic rings. The Kier molecular flexibility index (Phi) is 4.74. The second-order valence-electron chi connectivity index (χ2n) is 5.86. The normalized spacial score (nSPS) is 19.5. The van der Waals surface area contributed by atoms with Gasteiger partial charge in [-0.15, -0.1) is 0 Å². The van der Waals surface area contributed by atoms with E-state index >= 15 is 0 Å². The molecule has 2 aromatic rings. The van der Waals surface area contributed by atoms with Crippen molar-refractivity contribution in [2.24, 2.45) is 5.92 Å². The number of aromatic nitrogens is 1. The van der Waals surface area contributed by atoms with Crippen LogP contribution in [0.25, 0.3) is 10.2 Å². The minimum atomic E-state index is 0.00779. The minimum absolute atomic E-state index is 0.00779. The topological polar surface area (TPSA) is 42.4 Å². The van der Waals surface area contributed by atoms with Crippen LogP contribution in [0.2, 0.25) is 0 Å². The number of ether oxygens (including phenoxy) is 1. The van der Waals surface area contributed by atoms with E-state index in [-0.39, 0.29) is 17.9 Å². The summed E-state index contributed by atoms with van der Waals surface area (Å²) in [6, 6.07) is 8.03. The maximum absolute atomic E-state index is 12.8. The third-order valence-corrected chi connectivity index (χ3v) is 5.28. The van der Waals surface area contributed by atoms with E-state index in [1.807, 2.05) is 36.9 Å². The zero-order chi connectivity index (χ0) is 15.5. The van der Waals surface area contributed by atoms with Gasteiger partial charge in [0.25, 0.3) is 0 Å². The van der Waals surface area contributed by atoms with Crippen LogP contribution >= 0.6 is 11.3 Å². The maximum Gasteiger partial charge on any atom is 0.231 e. The largest absolute Gasteiger partial charge is 0.376 e. The number of rotatable bonds is 5. The zero-order valence-corrected chi connectivity index (χ0v) is 13.9. The van der Waals surface area contributed by atoms with Crippen LogP contribution in [0.1, 0.15) is 33.1 Å². The highest BCUT2D eigenvalue weighted by Crippen LogP contribution is 2.30. The van der Waals surface area contributed by atoms with Crippen LogP contribution < -0.4 is 4.90 Å². The predicted molar refractivity (Wildman–Crippen MR) is 90.4 cm³/mol. The van der Waals surface area contributed by atoms with Gasteiger partial charge >= 0.3 is 0 Å². The molecule has 0 bridgehead atoms. The predicted octanol–water partition coefficient (Wildman–Crippen LogP) is 3.85. The summed E-state index contributed by atoms with van der Waals surface area (Å²) in [5.74, 6) is 0.158. The van der Waals surface area contributed by atoms with Gasteiger partial charge in [-0.1, -0.05) is 37.3 Å². The highest BCUT2D eigenvalue weighted by atomic mass is 32.1. The third-order valence-electron chi connectivity index (χ3n) is 4.22. The molecule has 1 amide bonds. The Labute approximate surface area is 135 Å². The Morgan fingerprint density at radius 1 is 1.50 bits per heavy atom. The highest BCUT2D eigenvalue weighted by molar-refractivity contribution is 7.22. The Hall–Kier alpha value is -1.46. The zero-order valence-electron chi connectivity index (χ0n) is 13.1. The number of hydrogen-bond donors (Lipinski definition) is 0. The number of fused-ring (bicyclic) bond motifs is 1. The van der Waals surface area contributed by atoms with Crippen molar-refractivity contribution in [2.75, 3.05) is 18.1 Å². The lowest BCUT2D eigenvalue weighted by atomic mass is 10.1. The summed E-state index contributed by atoms with van der Waals surface area (Å²) in [5, 5.41) is 0.794. The smallest absolute Gasteiger partial charge is 0.231 e. The van der Waals surface area contributed by atoms with E-state index in [0.29, 0.717) is 6.54 Å². The van der Waals surface area contributed by atoms with Gasteiger partial charge in [-0.3, -0.25) is 9.69 Å². The molecule has 2 heterocycles. The molecule has 1 aromatic carbocycles. The summed E-state index contributed by atoms with van der Waals surface area (Å²) in [4.78, 5) is 19.3. The number of carbonyl (C=O) groups is 1. The summed E-state index contributed by atoms with van der Waals surface area (Å²) in [6.07, 6.45) is 3.08. The van der Waals surface area contributed by atoms with Gasteiger partial charge in [0.1, 0.15) is 0 Å². The Bertz CT molecular complexity index is 616. The van der Waals surface area contributed by atoms with E-state index < -0.39 is 0 Å². The fourth-order valence-electron chi connectivity index (χ4n) is 2.67. The van der Waals surface area contributed by atoms with Crippen molar-refractivity contribution >= 4 is 32.6 Å². The van der Waals surface area contributed by atoms with E-state index in [0.717, 1.165) is 41.2 Å². The fraction of sp³-hybridized carbons (Fsp3) is 0.529. The van der Waals surface area contributed by atoms with Crippen molar-refractivity contribution in [1.29, 1.82) is 0 Å². The number of hydrogen-bond acceptors (Lipinski definition) is 4. The number of carbonyl (C=O) groups excluding carboxylic acids is 1. The van der Waals surface area contributed by atoms with Gasteiger partial charge in [0.2, 0.25) is 5.91 Å². The monoisotopic (exact) mass is 318 g/mol. The average molecular weight is 318 g/mol. The standard InChI is InChI=1S/C17H22N2O2S/c1-3-12(2)16(20)19(11-13-7-6-10-21-13)17-18-14-8-4-5-9-15(14)22-17/h4-5,8-9,12-13H,3,6-7,10-11H2,1-2H3. The van der Waals surface area contributed by atoms with E-state index in [9.17, 15) is 4.79 Å². The van der Waals surface area contributed by atoms with Gasteiger partial charge in [0.15, 0.2) is 5.13 Å². The maximum atomic E-state index is 12.8. The Morgan fingerprint density at radius 3 is 3.00 bits per heavy atom. The van der Waals surface area contributed by atoms with E-state index in [1.165, 1.54) is 0 Å². The van der Waals surface area contributed by atoms with Crippen molar-refractivity contribution < 1.29 is 9.53 Å². The minimum Gasteiger partial charge on any atom is -0.376 e. The molecule has 2 unspecified atom stereocenters. The molecule has 2 atom stereocenters. The fourth-order valence-corrected chi connectivity index (χ4v) is 3.65. The lowest BCUT2D eigenvalue weighted by Gasteiger charge is -2.25. The Morgan fingerprint density at radius 2 is 2.32 bits per heavy atom. The molecule has 3 rings (SSSR count). The van der Waals surface area contributed by atoms with Gasteiger partial charge in [0.05, 0.1) is 22.9 Å². The highest BCUT2D eigenvalue weighted by Gasteiger charge is 2.28. The molecule has 4 nitrogen and oxygen atoms in total. The average Bonchev–Trinajstić information content (AvgIpc) is 3.19.